The molecule has 2 amide bonds. The van der Waals surface area contributed by atoms with Crippen LogP contribution in [-0.2, 0) is 11.2 Å². The molecule has 0 unspecified atom stereocenters. The molecule has 24 heavy (non-hydrogen) atoms. The summed E-state index contributed by atoms with van der Waals surface area (Å²) in [5.41, 5.74) is 2.27. The molecule has 0 heterocycles. The van der Waals surface area contributed by atoms with Crippen molar-refractivity contribution in [1.82, 2.24) is 4.90 Å². The van der Waals surface area contributed by atoms with Crippen molar-refractivity contribution in [2.45, 2.75) is 13.3 Å². The van der Waals surface area contributed by atoms with Crippen molar-refractivity contribution >= 4 is 17.5 Å². The van der Waals surface area contributed by atoms with E-state index in [4.69, 9.17) is 4.74 Å². The molecule has 0 fully saturated rings. The van der Waals surface area contributed by atoms with E-state index in [1.165, 1.54) is 4.90 Å². The molecule has 0 aromatic heterocycles. The molecule has 2 aromatic carbocycles. The quantitative estimate of drug-likeness (QED) is 0.888. The number of aryl methyl sites for hydroxylation is 1. The molecule has 0 spiro atoms. The van der Waals surface area contributed by atoms with E-state index in [1.54, 1.807) is 38.4 Å². The molecular weight excluding hydrogens is 304 g/mol. The van der Waals surface area contributed by atoms with Crippen LogP contribution in [0.5, 0.6) is 5.75 Å². The zero-order valence-corrected chi connectivity index (χ0v) is 14.2. The summed E-state index contributed by atoms with van der Waals surface area (Å²) < 4.78 is 5.58. The fourth-order valence-electron chi connectivity index (χ4n) is 2.23. The predicted octanol–water partition coefficient (Wildman–Crippen LogP) is 2.97. The van der Waals surface area contributed by atoms with E-state index in [9.17, 15) is 9.59 Å². The molecule has 0 saturated heterocycles. The predicted molar refractivity (Wildman–Crippen MR) is 94.4 cm³/mol. The van der Waals surface area contributed by atoms with Crippen molar-refractivity contribution in [2.24, 2.45) is 0 Å². The number of hydrogen-bond donors (Lipinski definition) is 1. The first-order chi connectivity index (χ1) is 11.5. The molecule has 0 radical (unpaired) electrons. The molecule has 5 nitrogen and oxygen atoms in total. The minimum atomic E-state index is -0.243. The third-order valence-electron chi connectivity index (χ3n) is 3.53. The van der Waals surface area contributed by atoms with E-state index in [1.807, 2.05) is 31.2 Å². The number of amides is 2. The van der Waals surface area contributed by atoms with Gasteiger partial charge in [0.2, 0.25) is 0 Å². The molecule has 0 saturated carbocycles. The standard InChI is InChI=1S/C19H22N2O3/c1-4-14-7-5-6-8-17(14)24-13-18(22)20-16-11-9-15(10-12-16)19(23)21(2)3/h5-12H,4,13H2,1-3H3,(H,20,22). The summed E-state index contributed by atoms with van der Waals surface area (Å²) >= 11 is 0. The average Bonchev–Trinajstić information content (AvgIpc) is 2.60. The van der Waals surface area contributed by atoms with Gasteiger partial charge in [-0.25, -0.2) is 0 Å². The maximum absolute atomic E-state index is 12.0. The number of benzene rings is 2. The molecule has 2 rings (SSSR count). The number of carbonyl (C=O) groups is 2. The van der Waals surface area contributed by atoms with Crippen LogP contribution < -0.4 is 10.1 Å². The highest BCUT2D eigenvalue weighted by Gasteiger charge is 2.09. The zero-order chi connectivity index (χ0) is 17.5. The van der Waals surface area contributed by atoms with Crippen LogP contribution in [0.1, 0.15) is 22.8 Å². The van der Waals surface area contributed by atoms with Crippen molar-refractivity contribution in [2.75, 3.05) is 26.0 Å². The second kappa shape index (κ2) is 8.15. The van der Waals surface area contributed by atoms with Gasteiger partial charge in [0, 0.05) is 25.3 Å². The summed E-state index contributed by atoms with van der Waals surface area (Å²) in [4.78, 5) is 25.3. The van der Waals surface area contributed by atoms with Gasteiger partial charge in [0.1, 0.15) is 5.75 Å². The lowest BCUT2D eigenvalue weighted by Gasteiger charge is -2.12. The molecule has 5 heteroatoms. The van der Waals surface area contributed by atoms with Crippen molar-refractivity contribution in [3.05, 3.63) is 59.7 Å². The number of nitrogens with zero attached hydrogens (tertiary/aromatic N) is 1. The van der Waals surface area contributed by atoms with Gasteiger partial charge < -0.3 is 15.0 Å². The molecule has 0 aliphatic heterocycles. The van der Waals surface area contributed by atoms with Gasteiger partial charge in [0.25, 0.3) is 11.8 Å². The van der Waals surface area contributed by atoms with Crippen LogP contribution in [0.25, 0.3) is 0 Å². The van der Waals surface area contributed by atoms with E-state index >= 15 is 0 Å². The first-order valence-corrected chi connectivity index (χ1v) is 7.83. The van der Waals surface area contributed by atoms with Crippen LogP contribution in [0.4, 0.5) is 5.69 Å². The molecule has 1 N–H and O–H groups in total. The van der Waals surface area contributed by atoms with Crippen LogP contribution in [0, 0.1) is 0 Å². The summed E-state index contributed by atoms with van der Waals surface area (Å²) in [5, 5.41) is 2.76. The molecule has 0 bridgehead atoms. The maximum atomic E-state index is 12.0. The normalized spacial score (nSPS) is 10.1. The minimum absolute atomic E-state index is 0.0601. The Morgan fingerprint density at radius 2 is 1.71 bits per heavy atom. The SMILES string of the molecule is CCc1ccccc1OCC(=O)Nc1ccc(C(=O)N(C)C)cc1. The number of nitrogens with one attached hydrogen (secondary N) is 1. The van der Waals surface area contributed by atoms with Crippen LogP contribution >= 0.6 is 0 Å². The fourth-order valence-corrected chi connectivity index (χ4v) is 2.23. The molecule has 0 aliphatic rings. The van der Waals surface area contributed by atoms with E-state index in [-0.39, 0.29) is 18.4 Å². The zero-order valence-electron chi connectivity index (χ0n) is 14.2. The minimum Gasteiger partial charge on any atom is -0.483 e. The van der Waals surface area contributed by atoms with Crippen LogP contribution in [0.2, 0.25) is 0 Å². The van der Waals surface area contributed by atoms with Crippen LogP contribution in [0.3, 0.4) is 0 Å². The molecule has 0 atom stereocenters. The summed E-state index contributed by atoms with van der Waals surface area (Å²) in [7, 11) is 3.40. The van der Waals surface area contributed by atoms with Gasteiger partial charge in [-0.1, -0.05) is 25.1 Å². The first kappa shape index (κ1) is 17.5. The molecular formula is C19H22N2O3. The van der Waals surface area contributed by atoms with Crippen molar-refractivity contribution in [3.8, 4) is 5.75 Å². The van der Waals surface area contributed by atoms with Gasteiger partial charge >= 0.3 is 0 Å². The summed E-state index contributed by atoms with van der Waals surface area (Å²) in [6.45, 7) is 1.98. The van der Waals surface area contributed by atoms with Gasteiger partial charge in [-0.2, -0.15) is 0 Å². The Morgan fingerprint density at radius 3 is 2.33 bits per heavy atom. The van der Waals surface area contributed by atoms with E-state index in [0.717, 1.165) is 17.7 Å². The smallest absolute Gasteiger partial charge is 0.262 e. The topological polar surface area (TPSA) is 58.6 Å². The van der Waals surface area contributed by atoms with Crippen LogP contribution in [-0.4, -0.2) is 37.4 Å². The van der Waals surface area contributed by atoms with Crippen molar-refractivity contribution < 1.29 is 14.3 Å². The number of rotatable bonds is 6. The lowest BCUT2D eigenvalue weighted by Crippen LogP contribution is -2.22. The van der Waals surface area contributed by atoms with E-state index in [0.29, 0.717) is 11.3 Å². The van der Waals surface area contributed by atoms with Crippen LogP contribution in [0.15, 0.2) is 48.5 Å². The lowest BCUT2D eigenvalue weighted by atomic mass is 10.1. The fraction of sp³-hybridized carbons (Fsp3) is 0.263. The van der Waals surface area contributed by atoms with Gasteiger partial charge in [0.05, 0.1) is 0 Å². The molecule has 2 aromatic rings. The summed E-state index contributed by atoms with van der Waals surface area (Å²) in [5.74, 6) is 0.405. The van der Waals surface area contributed by atoms with Gasteiger partial charge in [-0.05, 0) is 42.3 Å². The molecule has 0 aliphatic carbocycles. The Morgan fingerprint density at radius 1 is 1.04 bits per heavy atom. The third-order valence-corrected chi connectivity index (χ3v) is 3.53. The second-order valence-electron chi connectivity index (χ2n) is 5.58. The maximum Gasteiger partial charge on any atom is 0.262 e. The van der Waals surface area contributed by atoms with Gasteiger partial charge in [0.15, 0.2) is 6.61 Å². The summed E-state index contributed by atoms with van der Waals surface area (Å²) in [6.07, 6.45) is 0.846. The highest BCUT2D eigenvalue weighted by molar-refractivity contribution is 5.95. The Hall–Kier alpha value is -2.82. The van der Waals surface area contributed by atoms with Crippen molar-refractivity contribution in [1.29, 1.82) is 0 Å². The summed E-state index contributed by atoms with van der Waals surface area (Å²) in [6, 6.07) is 14.4. The van der Waals surface area contributed by atoms with Gasteiger partial charge in [-0.3, -0.25) is 9.59 Å². The molecule has 126 valence electrons. The first-order valence-electron chi connectivity index (χ1n) is 7.83. The van der Waals surface area contributed by atoms with Gasteiger partial charge in [-0.15, -0.1) is 0 Å². The lowest BCUT2D eigenvalue weighted by molar-refractivity contribution is -0.118. The number of para-hydroxylation sites is 1. The van der Waals surface area contributed by atoms with Crippen molar-refractivity contribution in [3.63, 3.8) is 0 Å². The monoisotopic (exact) mass is 326 g/mol. The number of ether oxygens (including phenoxy) is 1. The number of anilines is 1. The highest BCUT2D eigenvalue weighted by atomic mass is 16.5. The third kappa shape index (κ3) is 4.59. The Balaban J connectivity index is 1.91. The highest BCUT2D eigenvalue weighted by Crippen LogP contribution is 2.18. The average molecular weight is 326 g/mol. The largest absolute Gasteiger partial charge is 0.483 e. The number of carbonyl (C=O) groups excluding carboxylic acids is 2. The second-order valence-corrected chi connectivity index (χ2v) is 5.58. The Bertz CT molecular complexity index is 709. The van der Waals surface area contributed by atoms with E-state index < -0.39 is 0 Å². The Labute approximate surface area is 142 Å². The van der Waals surface area contributed by atoms with E-state index in [2.05, 4.69) is 5.32 Å². The number of hydrogen-bond acceptors (Lipinski definition) is 3. The Kier molecular flexibility index (Phi) is 5.95.